The maximum Gasteiger partial charge on any atom is 0.258 e. The van der Waals surface area contributed by atoms with Crippen LogP contribution in [-0.2, 0) is 5.41 Å². The van der Waals surface area contributed by atoms with E-state index >= 15 is 0 Å². The molecule has 0 aliphatic rings. The minimum Gasteiger partial charge on any atom is -0.543 e. The van der Waals surface area contributed by atoms with Crippen LogP contribution in [0, 0.1) is 11.3 Å². The molecule has 0 aromatic heterocycles. The number of hydrogen-bond acceptors (Lipinski definition) is 2. The van der Waals surface area contributed by atoms with Gasteiger partial charge in [0.15, 0.2) is 0 Å². The summed E-state index contributed by atoms with van der Waals surface area (Å²) in [7, 11) is -1.97. The zero-order valence-corrected chi connectivity index (χ0v) is 18.6. The van der Waals surface area contributed by atoms with Crippen molar-refractivity contribution < 1.29 is 4.43 Å². The summed E-state index contributed by atoms with van der Waals surface area (Å²) in [6, 6.07) is 15.0. The van der Waals surface area contributed by atoms with Gasteiger partial charge < -0.3 is 4.43 Å². The number of hydrogen-bond donors (Lipinski definition) is 0. The molecule has 0 atom stereocenters. The molecule has 26 heavy (non-hydrogen) atoms. The molecule has 2 aromatic rings. The number of benzene rings is 2. The molecule has 2 rings (SSSR count). The smallest absolute Gasteiger partial charge is 0.258 e. The highest BCUT2D eigenvalue weighted by atomic mass is 28.4. The fraction of sp³-hybridized carbons (Fsp3) is 0.522. The minimum atomic E-state index is -1.97. The minimum absolute atomic E-state index is 0.506. The highest BCUT2D eigenvalue weighted by Crippen LogP contribution is 2.43. The molecule has 0 bridgehead atoms. The molecule has 2 nitrogen and oxygen atoms in total. The van der Waals surface area contributed by atoms with E-state index in [-0.39, 0.29) is 0 Å². The number of nitrogens with zero attached hydrogens (tertiary/aromatic N) is 1. The van der Waals surface area contributed by atoms with Gasteiger partial charge in [0, 0.05) is 0 Å². The second-order valence-electron chi connectivity index (χ2n) is 8.85. The molecule has 0 radical (unpaired) electrons. The summed E-state index contributed by atoms with van der Waals surface area (Å²) >= 11 is 0. The van der Waals surface area contributed by atoms with Gasteiger partial charge in [0.05, 0.1) is 11.5 Å². The van der Waals surface area contributed by atoms with Gasteiger partial charge >= 0.3 is 0 Å². The Balaban J connectivity index is 2.55. The van der Waals surface area contributed by atoms with Crippen LogP contribution in [-0.4, -0.2) is 8.32 Å². The lowest BCUT2D eigenvalue weighted by molar-refractivity contribution is 0.480. The van der Waals surface area contributed by atoms with Crippen molar-refractivity contribution in [2.24, 2.45) is 0 Å². The van der Waals surface area contributed by atoms with Crippen molar-refractivity contribution >= 4 is 19.1 Å². The molecule has 0 N–H and O–H groups in total. The molecule has 3 heteroatoms. The highest BCUT2D eigenvalue weighted by Gasteiger charge is 2.47. The Hall–Kier alpha value is -1.79. The Morgan fingerprint density at radius 3 is 2.00 bits per heavy atom. The van der Waals surface area contributed by atoms with Crippen LogP contribution < -0.4 is 4.43 Å². The third kappa shape index (κ3) is 3.53. The molecule has 140 valence electrons. The Morgan fingerprint density at radius 1 is 0.923 bits per heavy atom. The second kappa shape index (κ2) is 7.45. The quantitative estimate of drug-likeness (QED) is 0.506. The summed E-state index contributed by atoms with van der Waals surface area (Å²) in [5.74, 6) is 0.965. The van der Waals surface area contributed by atoms with Gasteiger partial charge in [-0.3, -0.25) is 0 Å². The molecule has 2 aromatic carbocycles. The van der Waals surface area contributed by atoms with Gasteiger partial charge in [-0.1, -0.05) is 65.8 Å². The van der Waals surface area contributed by atoms with Crippen LogP contribution >= 0.6 is 0 Å². The number of rotatable bonds is 6. The van der Waals surface area contributed by atoms with E-state index in [9.17, 15) is 5.26 Å². The third-order valence-electron chi connectivity index (χ3n) is 5.81. The van der Waals surface area contributed by atoms with Crippen molar-refractivity contribution in [3.8, 4) is 11.8 Å². The van der Waals surface area contributed by atoms with Crippen LogP contribution in [0.4, 0.5) is 0 Å². The van der Waals surface area contributed by atoms with Crippen LogP contribution in [0.5, 0.6) is 5.75 Å². The summed E-state index contributed by atoms with van der Waals surface area (Å²) in [5, 5.41) is 11.8. The van der Waals surface area contributed by atoms with Gasteiger partial charge in [-0.25, -0.2) is 0 Å². The monoisotopic (exact) mass is 367 g/mol. The van der Waals surface area contributed by atoms with Gasteiger partial charge in [-0.15, -0.1) is 0 Å². The van der Waals surface area contributed by atoms with Crippen molar-refractivity contribution in [3.63, 3.8) is 0 Å². The van der Waals surface area contributed by atoms with Crippen molar-refractivity contribution in [3.05, 3.63) is 42.0 Å². The zero-order valence-electron chi connectivity index (χ0n) is 17.6. The lowest BCUT2D eigenvalue weighted by atomic mass is 9.83. The van der Waals surface area contributed by atoms with E-state index in [4.69, 9.17) is 4.43 Å². The first-order chi connectivity index (χ1) is 12.1. The van der Waals surface area contributed by atoms with E-state index in [2.05, 4.69) is 77.9 Å². The summed E-state index contributed by atoms with van der Waals surface area (Å²) in [6.45, 7) is 17.8. The van der Waals surface area contributed by atoms with Crippen molar-refractivity contribution in [2.75, 3.05) is 0 Å². The first kappa shape index (κ1) is 20.5. The molecular formula is C23H33NOSi. The first-order valence-electron chi connectivity index (χ1n) is 9.69. The molecule has 0 fully saturated rings. The van der Waals surface area contributed by atoms with Crippen LogP contribution in [0.1, 0.15) is 61.0 Å². The summed E-state index contributed by atoms with van der Waals surface area (Å²) in [6.07, 6.45) is 0. The molecule has 0 unspecified atom stereocenters. The standard InChI is InChI=1S/C23H33NOSi/c1-16(2)26(17(3)4,18(5)6)25-20-12-13-21-19(14-20)10-9-11-22(21)23(7,8)15-24/h9-14,16-18H,1-8H3. The topological polar surface area (TPSA) is 33.0 Å². The second-order valence-corrected chi connectivity index (χ2v) is 14.2. The summed E-state index contributed by atoms with van der Waals surface area (Å²) < 4.78 is 6.82. The largest absolute Gasteiger partial charge is 0.543 e. The predicted octanol–water partition coefficient (Wildman–Crippen LogP) is 7.20. The van der Waals surface area contributed by atoms with E-state index in [0.717, 1.165) is 22.1 Å². The number of nitriles is 1. The highest BCUT2D eigenvalue weighted by molar-refractivity contribution is 6.78. The summed E-state index contributed by atoms with van der Waals surface area (Å²) in [4.78, 5) is 0. The van der Waals surface area contributed by atoms with Crippen molar-refractivity contribution in [2.45, 2.75) is 77.4 Å². The van der Waals surface area contributed by atoms with Crippen LogP contribution in [0.3, 0.4) is 0 Å². The Labute approximate surface area is 160 Å². The van der Waals surface area contributed by atoms with Crippen LogP contribution in [0.15, 0.2) is 36.4 Å². The van der Waals surface area contributed by atoms with E-state index in [0.29, 0.717) is 16.6 Å². The van der Waals surface area contributed by atoms with Crippen LogP contribution in [0.25, 0.3) is 10.8 Å². The Kier molecular flexibility index (Phi) is 5.88. The van der Waals surface area contributed by atoms with Crippen LogP contribution in [0.2, 0.25) is 16.6 Å². The summed E-state index contributed by atoms with van der Waals surface area (Å²) in [5.41, 5.74) is 2.20. The molecule has 0 aliphatic heterocycles. The molecular weight excluding hydrogens is 334 g/mol. The van der Waals surface area contributed by atoms with E-state index in [1.165, 1.54) is 0 Å². The van der Waals surface area contributed by atoms with E-state index in [1.54, 1.807) is 0 Å². The SMILES string of the molecule is CC(C)[Si](Oc1ccc2c(C(C)(C)C#N)cccc2c1)(C(C)C)C(C)C. The molecule has 0 heterocycles. The van der Waals surface area contributed by atoms with Crippen molar-refractivity contribution in [1.82, 2.24) is 0 Å². The lowest BCUT2D eigenvalue weighted by Gasteiger charge is -2.42. The normalized spacial score (nSPS) is 12.8. The van der Waals surface area contributed by atoms with Gasteiger partial charge in [-0.05, 0) is 58.9 Å². The third-order valence-corrected chi connectivity index (χ3v) is 11.8. The molecule has 0 saturated carbocycles. The van der Waals surface area contributed by atoms with Gasteiger partial charge in [0.2, 0.25) is 0 Å². The van der Waals surface area contributed by atoms with E-state index < -0.39 is 13.7 Å². The average Bonchev–Trinajstić information content (AvgIpc) is 2.57. The first-order valence-corrected chi connectivity index (χ1v) is 11.8. The lowest BCUT2D eigenvalue weighted by Crippen LogP contribution is -2.50. The molecule has 0 saturated heterocycles. The average molecular weight is 368 g/mol. The predicted molar refractivity (Wildman–Crippen MR) is 114 cm³/mol. The fourth-order valence-corrected chi connectivity index (χ4v) is 9.73. The zero-order chi connectivity index (χ0) is 19.7. The fourth-order valence-electron chi connectivity index (χ4n) is 4.49. The maximum atomic E-state index is 9.53. The Morgan fingerprint density at radius 2 is 1.50 bits per heavy atom. The molecule has 0 spiro atoms. The maximum absolute atomic E-state index is 9.53. The Bertz CT molecular complexity index is 793. The van der Waals surface area contributed by atoms with Gasteiger partial charge in [0.25, 0.3) is 8.32 Å². The van der Waals surface area contributed by atoms with E-state index in [1.807, 2.05) is 19.9 Å². The number of fused-ring (bicyclic) bond motifs is 1. The van der Waals surface area contributed by atoms with Crippen molar-refractivity contribution in [1.29, 1.82) is 5.26 Å². The molecule has 0 aliphatic carbocycles. The van der Waals surface area contributed by atoms with Gasteiger partial charge in [-0.2, -0.15) is 5.26 Å². The van der Waals surface area contributed by atoms with Gasteiger partial charge in [0.1, 0.15) is 5.75 Å². The molecule has 0 amide bonds.